The number of amides is 1. The third-order valence-electron chi connectivity index (χ3n) is 3.96. The zero-order valence-corrected chi connectivity index (χ0v) is 15.2. The van der Waals surface area contributed by atoms with Gasteiger partial charge in [0.1, 0.15) is 6.04 Å². The Morgan fingerprint density at radius 3 is 2.59 bits per heavy atom. The first-order valence-corrected chi connectivity index (χ1v) is 8.43. The van der Waals surface area contributed by atoms with Crippen molar-refractivity contribution in [2.45, 2.75) is 25.3 Å². The van der Waals surface area contributed by atoms with Gasteiger partial charge < -0.3 is 30.2 Å². The molecule has 0 bridgehead atoms. The highest BCUT2D eigenvalue weighted by Gasteiger charge is 2.22. The molecule has 0 unspecified atom stereocenters. The number of hydrogen-bond donors (Lipinski definition) is 3. The number of benzene rings is 1. The van der Waals surface area contributed by atoms with Gasteiger partial charge in [0.25, 0.3) is 5.91 Å². The van der Waals surface area contributed by atoms with E-state index < -0.39 is 17.9 Å². The van der Waals surface area contributed by atoms with E-state index in [1.54, 1.807) is 18.2 Å². The molecule has 27 heavy (non-hydrogen) atoms. The molecule has 0 saturated heterocycles. The summed E-state index contributed by atoms with van der Waals surface area (Å²) in [6.45, 7) is 0.470. The molecule has 0 aliphatic rings. The molecule has 4 N–H and O–H groups in total. The number of aromatic nitrogens is 1. The van der Waals surface area contributed by atoms with E-state index in [1.165, 1.54) is 20.3 Å². The third kappa shape index (κ3) is 5.20. The van der Waals surface area contributed by atoms with Crippen LogP contribution in [0.5, 0.6) is 11.5 Å². The summed E-state index contributed by atoms with van der Waals surface area (Å²) in [5, 5.41) is 15.4. The lowest BCUT2D eigenvalue weighted by molar-refractivity contribution is -0.139. The highest BCUT2D eigenvalue weighted by atomic mass is 16.5. The van der Waals surface area contributed by atoms with Crippen molar-refractivity contribution in [3.63, 3.8) is 0 Å². The average molecular weight is 377 g/mol. The number of carbonyl (C=O) groups excluding carboxylic acids is 1. The standard InChI is InChI=1S/C18H23N3O6/c1-25-14-7-6-11(9-16(14)26-2)15-10-13(21-27-15)17(22)20-12(18(23)24)5-3-4-8-19/h6-7,9-10,12H,3-5,8,19H2,1-2H3,(H,20,22)(H,23,24)/t12-/m0/s1. The zero-order chi connectivity index (χ0) is 19.8. The Labute approximate surface area is 156 Å². The lowest BCUT2D eigenvalue weighted by atomic mass is 10.1. The summed E-state index contributed by atoms with van der Waals surface area (Å²) in [6, 6.07) is 5.55. The molecular formula is C18H23N3O6. The number of nitrogens with zero attached hydrogens (tertiary/aromatic N) is 1. The van der Waals surface area contributed by atoms with E-state index in [-0.39, 0.29) is 5.69 Å². The van der Waals surface area contributed by atoms with Crippen LogP contribution < -0.4 is 20.5 Å². The number of aliphatic carboxylic acids is 1. The van der Waals surface area contributed by atoms with E-state index in [9.17, 15) is 14.7 Å². The van der Waals surface area contributed by atoms with Gasteiger partial charge in [0.2, 0.25) is 0 Å². The van der Waals surface area contributed by atoms with E-state index in [0.717, 1.165) is 0 Å². The first kappa shape index (κ1) is 20.2. The van der Waals surface area contributed by atoms with Crippen LogP contribution in [-0.4, -0.2) is 48.9 Å². The van der Waals surface area contributed by atoms with Crippen molar-refractivity contribution < 1.29 is 28.7 Å². The third-order valence-corrected chi connectivity index (χ3v) is 3.96. The molecule has 9 heteroatoms. The number of rotatable bonds is 10. The summed E-state index contributed by atoms with van der Waals surface area (Å²) in [7, 11) is 3.04. The molecule has 0 aliphatic carbocycles. The highest BCUT2D eigenvalue weighted by molar-refractivity contribution is 5.95. The topological polar surface area (TPSA) is 137 Å². The summed E-state index contributed by atoms with van der Waals surface area (Å²) in [5.74, 6) is -0.325. The number of carboxylic acids is 1. The summed E-state index contributed by atoms with van der Waals surface area (Å²) in [4.78, 5) is 23.6. The molecule has 1 atom stereocenters. The molecule has 146 valence electrons. The van der Waals surface area contributed by atoms with Crippen molar-refractivity contribution in [2.24, 2.45) is 5.73 Å². The number of carboxylic acid groups (broad SMARTS) is 1. The van der Waals surface area contributed by atoms with Gasteiger partial charge in [0.05, 0.1) is 14.2 Å². The number of carbonyl (C=O) groups is 2. The lowest BCUT2D eigenvalue weighted by Gasteiger charge is -2.12. The van der Waals surface area contributed by atoms with Gasteiger partial charge in [0, 0.05) is 11.6 Å². The minimum absolute atomic E-state index is 0.00939. The van der Waals surface area contributed by atoms with E-state index in [2.05, 4.69) is 10.5 Å². The van der Waals surface area contributed by atoms with Crippen molar-refractivity contribution in [3.05, 3.63) is 30.0 Å². The fraction of sp³-hybridized carbons (Fsp3) is 0.389. The van der Waals surface area contributed by atoms with E-state index >= 15 is 0 Å². The van der Waals surface area contributed by atoms with Gasteiger partial charge in [-0.05, 0) is 44.0 Å². The van der Waals surface area contributed by atoms with E-state index in [4.69, 9.17) is 19.7 Å². The number of hydrogen-bond acceptors (Lipinski definition) is 7. The summed E-state index contributed by atoms with van der Waals surface area (Å²) < 4.78 is 15.6. The minimum atomic E-state index is -1.11. The van der Waals surface area contributed by atoms with Gasteiger partial charge in [-0.1, -0.05) is 5.16 Å². The number of ether oxygens (including phenoxy) is 2. The SMILES string of the molecule is COc1ccc(-c2cc(C(=O)N[C@@H](CCCCN)C(=O)O)no2)cc1OC. The highest BCUT2D eigenvalue weighted by Crippen LogP contribution is 2.32. The predicted octanol–water partition coefficient (Wildman–Crippen LogP) is 1.67. The number of methoxy groups -OCH3 is 2. The molecule has 2 aromatic rings. The monoisotopic (exact) mass is 377 g/mol. The summed E-state index contributed by atoms with van der Waals surface area (Å²) in [6.07, 6.45) is 1.58. The largest absolute Gasteiger partial charge is 0.493 e. The average Bonchev–Trinajstić information content (AvgIpc) is 3.16. The number of nitrogens with one attached hydrogen (secondary N) is 1. The Bertz CT molecular complexity index is 789. The molecule has 0 saturated carbocycles. The van der Waals surface area contributed by atoms with Crippen LogP contribution in [0.15, 0.2) is 28.8 Å². The van der Waals surface area contributed by atoms with Gasteiger partial charge >= 0.3 is 5.97 Å². The Kier molecular flexibility index (Phi) is 7.18. The maximum Gasteiger partial charge on any atom is 0.326 e. The van der Waals surface area contributed by atoms with Crippen molar-refractivity contribution >= 4 is 11.9 Å². The van der Waals surface area contributed by atoms with Gasteiger partial charge in [-0.25, -0.2) is 4.79 Å². The quantitative estimate of drug-likeness (QED) is 0.532. The molecule has 0 spiro atoms. The Morgan fingerprint density at radius 2 is 1.96 bits per heavy atom. The van der Waals surface area contributed by atoms with Crippen molar-refractivity contribution in [3.8, 4) is 22.8 Å². The second-order valence-electron chi connectivity index (χ2n) is 5.79. The Hall–Kier alpha value is -3.07. The maximum absolute atomic E-state index is 12.3. The molecule has 2 rings (SSSR count). The molecule has 1 heterocycles. The van der Waals surface area contributed by atoms with Crippen molar-refractivity contribution in [2.75, 3.05) is 20.8 Å². The van der Waals surface area contributed by atoms with Gasteiger partial charge in [-0.15, -0.1) is 0 Å². The fourth-order valence-electron chi connectivity index (χ4n) is 2.49. The van der Waals surface area contributed by atoms with E-state index in [0.29, 0.717) is 48.6 Å². The molecule has 9 nitrogen and oxygen atoms in total. The molecule has 1 aromatic carbocycles. The normalized spacial score (nSPS) is 11.7. The fourth-order valence-corrected chi connectivity index (χ4v) is 2.49. The van der Waals surface area contributed by atoms with Gasteiger partial charge in [0.15, 0.2) is 23.0 Å². The lowest BCUT2D eigenvalue weighted by Crippen LogP contribution is -2.40. The van der Waals surface area contributed by atoms with E-state index in [1.807, 2.05) is 0 Å². The van der Waals surface area contributed by atoms with Crippen LogP contribution in [0.25, 0.3) is 11.3 Å². The predicted molar refractivity (Wildman–Crippen MR) is 96.8 cm³/mol. The smallest absolute Gasteiger partial charge is 0.326 e. The number of unbranched alkanes of at least 4 members (excludes halogenated alkanes) is 1. The van der Waals surface area contributed by atoms with Crippen LogP contribution in [-0.2, 0) is 4.79 Å². The molecule has 0 fully saturated rings. The second kappa shape index (κ2) is 9.58. The first-order valence-electron chi connectivity index (χ1n) is 8.43. The van der Waals surface area contributed by atoms with Crippen molar-refractivity contribution in [1.82, 2.24) is 10.5 Å². The first-order chi connectivity index (χ1) is 13.0. The van der Waals surface area contributed by atoms with Crippen LogP contribution in [0, 0.1) is 0 Å². The van der Waals surface area contributed by atoms with Crippen LogP contribution in [0.3, 0.4) is 0 Å². The molecule has 1 aromatic heterocycles. The molecule has 1 amide bonds. The second-order valence-corrected chi connectivity index (χ2v) is 5.79. The molecule has 0 radical (unpaired) electrons. The van der Waals surface area contributed by atoms with Gasteiger partial charge in [-0.2, -0.15) is 0 Å². The molecule has 0 aliphatic heterocycles. The van der Waals surface area contributed by atoms with Crippen molar-refractivity contribution in [1.29, 1.82) is 0 Å². The number of nitrogens with two attached hydrogens (primary N) is 1. The molecular weight excluding hydrogens is 354 g/mol. The Morgan fingerprint density at radius 1 is 1.22 bits per heavy atom. The van der Waals surface area contributed by atoms with Crippen LogP contribution in [0.1, 0.15) is 29.8 Å². The zero-order valence-electron chi connectivity index (χ0n) is 15.2. The summed E-state index contributed by atoms with van der Waals surface area (Å²) in [5.41, 5.74) is 6.03. The van der Waals surface area contributed by atoms with Gasteiger partial charge in [-0.3, -0.25) is 4.79 Å². The Balaban J connectivity index is 2.12. The maximum atomic E-state index is 12.3. The van der Waals surface area contributed by atoms with Crippen LogP contribution >= 0.6 is 0 Å². The minimum Gasteiger partial charge on any atom is -0.493 e. The van der Waals surface area contributed by atoms with Crippen LogP contribution in [0.4, 0.5) is 0 Å². The summed E-state index contributed by atoms with van der Waals surface area (Å²) >= 11 is 0. The van der Waals surface area contributed by atoms with Crippen LogP contribution in [0.2, 0.25) is 0 Å².